The Bertz CT molecular complexity index is 583. The van der Waals surface area contributed by atoms with E-state index in [1.165, 1.54) is 37.7 Å². The Morgan fingerprint density at radius 2 is 2.17 bits per heavy atom. The summed E-state index contributed by atoms with van der Waals surface area (Å²) < 4.78 is 0. The maximum Gasteiger partial charge on any atom is 0.155 e. The summed E-state index contributed by atoms with van der Waals surface area (Å²) >= 11 is 0. The topological polar surface area (TPSA) is 34.1 Å². The number of rotatable bonds is 2. The molecule has 0 aromatic carbocycles. The molecule has 23 heavy (non-hydrogen) atoms. The summed E-state index contributed by atoms with van der Waals surface area (Å²) in [5.41, 5.74) is 1.95. The summed E-state index contributed by atoms with van der Waals surface area (Å²) in [4.78, 5) is 22.7. The molecule has 2 heteroatoms. The van der Waals surface area contributed by atoms with Crippen molar-refractivity contribution >= 4 is 11.7 Å². The molecule has 4 rings (SSSR count). The van der Waals surface area contributed by atoms with Gasteiger partial charge in [-0.2, -0.15) is 0 Å². The van der Waals surface area contributed by atoms with Gasteiger partial charge < -0.3 is 0 Å². The number of ketones is 1. The fourth-order valence-corrected chi connectivity index (χ4v) is 6.81. The van der Waals surface area contributed by atoms with Crippen molar-refractivity contribution in [3.63, 3.8) is 0 Å². The van der Waals surface area contributed by atoms with Crippen LogP contribution in [0.5, 0.6) is 0 Å². The summed E-state index contributed by atoms with van der Waals surface area (Å²) in [7, 11) is 0. The molecule has 0 unspecified atom stereocenters. The minimum atomic E-state index is 0.320. The van der Waals surface area contributed by atoms with Crippen molar-refractivity contribution in [2.24, 2.45) is 35.0 Å². The Morgan fingerprint density at radius 3 is 3.00 bits per heavy atom. The minimum absolute atomic E-state index is 0.320. The van der Waals surface area contributed by atoms with Gasteiger partial charge in [0.05, 0.1) is 0 Å². The lowest BCUT2D eigenvalue weighted by Gasteiger charge is -2.55. The van der Waals surface area contributed by atoms with Crippen molar-refractivity contribution in [2.45, 2.75) is 64.7 Å². The maximum atomic E-state index is 11.9. The molecule has 2 nitrogen and oxygen atoms in total. The summed E-state index contributed by atoms with van der Waals surface area (Å²) in [5, 5.41) is 0. The molecule has 0 radical (unpaired) electrons. The molecular weight excluding hydrogens is 284 g/mol. The Hall–Kier alpha value is -1.14. The zero-order chi connectivity index (χ0) is 16.0. The van der Waals surface area contributed by atoms with E-state index in [1.54, 1.807) is 6.08 Å². The monoisotopic (exact) mass is 312 g/mol. The lowest BCUT2D eigenvalue weighted by Crippen LogP contribution is -2.48. The molecule has 0 amide bonds. The van der Waals surface area contributed by atoms with Gasteiger partial charge in [0, 0.05) is 12.5 Å². The smallest absolute Gasteiger partial charge is 0.155 e. The van der Waals surface area contributed by atoms with Crippen LogP contribution in [0.15, 0.2) is 17.7 Å². The Balaban J connectivity index is 1.70. The summed E-state index contributed by atoms with van der Waals surface area (Å²) in [6, 6.07) is 0. The lowest BCUT2D eigenvalue weighted by atomic mass is 9.49. The van der Waals surface area contributed by atoms with Crippen LogP contribution >= 0.6 is 0 Å². The average Bonchev–Trinajstić information content (AvgIpc) is 2.93. The molecule has 0 aromatic rings. The van der Waals surface area contributed by atoms with Crippen LogP contribution in [0.1, 0.15) is 64.7 Å². The van der Waals surface area contributed by atoms with Gasteiger partial charge in [0.2, 0.25) is 0 Å². The van der Waals surface area contributed by atoms with Gasteiger partial charge in [-0.25, -0.2) is 4.79 Å². The first kappa shape index (κ1) is 15.4. The van der Waals surface area contributed by atoms with Crippen LogP contribution in [0.4, 0.5) is 0 Å². The molecule has 0 N–H and O–H groups in total. The number of carbonyl (C=O) groups is 1. The lowest BCUT2D eigenvalue weighted by molar-refractivity contribution is -0.116. The van der Waals surface area contributed by atoms with E-state index in [1.807, 2.05) is 12.0 Å². The van der Waals surface area contributed by atoms with E-state index < -0.39 is 0 Å². The predicted octanol–water partition coefficient (Wildman–Crippen LogP) is 4.52. The van der Waals surface area contributed by atoms with Crippen molar-refractivity contribution in [3.8, 4) is 0 Å². The Morgan fingerprint density at radius 1 is 1.30 bits per heavy atom. The highest BCUT2D eigenvalue weighted by molar-refractivity contribution is 5.91. The highest BCUT2D eigenvalue weighted by Crippen LogP contribution is 2.63. The Labute approximate surface area is 139 Å². The van der Waals surface area contributed by atoms with E-state index in [-0.39, 0.29) is 0 Å². The van der Waals surface area contributed by atoms with E-state index >= 15 is 0 Å². The maximum absolute atomic E-state index is 11.9. The van der Waals surface area contributed by atoms with Crippen molar-refractivity contribution < 1.29 is 9.59 Å². The number of allylic oxidation sites excluding steroid dienone is 2. The van der Waals surface area contributed by atoms with Gasteiger partial charge in [0.15, 0.2) is 5.78 Å². The molecule has 4 aliphatic carbocycles. The third kappa shape index (κ3) is 2.47. The van der Waals surface area contributed by atoms with Crippen molar-refractivity contribution in [3.05, 3.63) is 17.7 Å². The molecule has 3 fully saturated rings. The highest BCUT2D eigenvalue weighted by atomic mass is 16.1. The first-order valence-corrected chi connectivity index (χ1v) is 9.55. The molecule has 0 aromatic heterocycles. The fourth-order valence-electron chi connectivity index (χ4n) is 6.81. The normalized spacial score (nSPS) is 45.3. The second kappa shape index (κ2) is 5.74. The molecule has 6 atom stereocenters. The molecule has 0 heterocycles. The molecule has 0 saturated heterocycles. The van der Waals surface area contributed by atoms with Crippen LogP contribution in [-0.4, -0.2) is 11.7 Å². The van der Waals surface area contributed by atoms with Crippen molar-refractivity contribution in [1.29, 1.82) is 0 Å². The number of carbonyl (C=O) groups excluding carboxylic acids is 2. The van der Waals surface area contributed by atoms with Gasteiger partial charge in [-0.3, -0.25) is 4.79 Å². The average molecular weight is 312 g/mol. The van der Waals surface area contributed by atoms with Crippen LogP contribution < -0.4 is 0 Å². The van der Waals surface area contributed by atoms with Crippen LogP contribution in [0.2, 0.25) is 0 Å². The van der Waals surface area contributed by atoms with Gasteiger partial charge in [-0.15, -0.1) is 0 Å². The number of hydrogen-bond acceptors (Lipinski definition) is 2. The third-order valence-corrected chi connectivity index (χ3v) is 7.75. The summed E-state index contributed by atoms with van der Waals surface area (Å²) in [6.07, 6.45) is 14.2. The molecule has 4 aliphatic rings. The molecular formula is C21H28O2. The van der Waals surface area contributed by atoms with Gasteiger partial charge in [0.1, 0.15) is 5.94 Å². The van der Waals surface area contributed by atoms with E-state index in [4.69, 9.17) is 0 Å². The first-order valence-electron chi connectivity index (χ1n) is 9.55. The van der Waals surface area contributed by atoms with E-state index in [0.29, 0.717) is 23.0 Å². The molecule has 0 bridgehead atoms. The second-order valence-corrected chi connectivity index (χ2v) is 8.79. The van der Waals surface area contributed by atoms with Gasteiger partial charge >= 0.3 is 0 Å². The quantitative estimate of drug-likeness (QED) is 0.702. The van der Waals surface area contributed by atoms with Crippen LogP contribution in [-0.2, 0) is 9.59 Å². The van der Waals surface area contributed by atoms with Gasteiger partial charge in [-0.1, -0.05) is 18.9 Å². The standard InChI is InChI=1S/C21H28O2/c1-21-9-2-5-19(21)20-14(4-3-11-22)12-15-13-16(23)6-7-17(15)18(20)8-10-21/h3,13-14,17-20H,2,4-10,12H2,1H3/t14-,17+,18-,19+,20-,21+/m1/s1. The zero-order valence-corrected chi connectivity index (χ0v) is 14.2. The van der Waals surface area contributed by atoms with Crippen molar-refractivity contribution in [1.82, 2.24) is 0 Å². The molecule has 124 valence electrons. The molecule has 0 aliphatic heterocycles. The minimum Gasteiger partial charge on any atom is -0.295 e. The van der Waals surface area contributed by atoms with E-state index in [0.717, 1.165) is 43.4 Å². The van der Waals surface area contributed by atoms with Crippen molar-refractivity contribution in [2.75, 3.05) is 0 Å². The van der Waals surface area contributed by atoms with E-state index in [9.17, 15) is 9.59 Å². The predicted molar refractivity (Wildman–Crippen MR) is 90.5 cm³/mol. The number of fused-ring (bicyclic) bond motifs is 5. The number of hydrogen-bond donors (Lipinski definition) is 0. The summed E-state index contributed by atoms with van der Waals surface area (Å²) in [6.45, 7) is 2.52. The third-order valence-electron chi connectivity index (χ3n) is 7.75. The highest BCUT2D eigenvalue weighted by Gasteiger charge is 2.55. The Kier molecular flexibility index (Phi) is 3.84. The fraction of sp³-hybridized carbons (Fsp3) is 0.762. The first-order chi connectivity index (χ1) is 11.1. The summed E-state index contributed by atoms with van der Waals surface area (Å²) in [5.74, 6) is 5.88. The molecule has 3 saturated carbocycles. The van der Waals surface area contributed by atoms with Crippen LogP contribution in [0.25, 0.3) is 0 Å². The zero-order valence-electron chi connectivity index (χ0n) is 14.2. The van der Waals surface area contributed by atoms with Gasteiger partial charge in [-0.05, 0) is 86.0 Å². The van der Waals surface area contributed by atoms with Crippen LogP contribution in [0, 0.1) is 35.0 Å². The molecule has 0 spiro atoms. The van der Waals surface area contributed by atoms with Crippen LogP contribution in [0.3, 0.4) is 0 Å². The van der Waals surface area contributed by atoms with E-state index in [2.05, 4.69) is 6.92 Å². The SMILES string of the molecule is C[C@@]12CCC[C@H]1[C@@H]1[C@H](CC=C=O)CC3=CC(=O)CC[C@@H]3[C@H]1CC2. The van der Waals surface area contributed by atoms with Gasteiger partial charge in [0.25, 0.3) is 0 Å². The largest absolute Gasteiger partial charge is 0.295 e. The second-order valence-electron chi connectivity index (χ2n) is 8.79.